The second-order valence-electron chi connectivity index (χ2n) is 9.53. The van der Waals surface area contributed by atoms with Crippen molar-refractivity contribution in [2.75, 3.05) is 6.61 Å². The molecular formula is C28H30N2O4. The number of pyridine rings is 1. The van der Waals surface area contributed by atoms with Crippen molar-refractivity contribution in [3.8, 4) is 0 Å². The Morgan fingerprint density at radius 1 is 1.15 bits per heavy atom. The summed E-state index contributed by atoms with van der Waals surface area (Å²) in [5.41, 5.74) is 3.95. The molecule has 3 unspecified atom stereocenters. The topological polar surface area (TPSA) is 81.4 Å². The van der Waals surface area contributed by atoms with Crippen molar-refractivity contribution in [2.45, 2.75) is 52.0 Å². The average molecular weight is 459 g/mol. The van der Waals surface area contributed by atoms with Gasteiger partial charge in [0.15, 0.2) is 6.61 Å². The second kappa shape index (κ2) is 9.45. The van der Waals surface area contributed by atoms with Crippen molar-refractivity contribution in [2.24, 2.45) is 11.8 Å². The number of aromatic nitrogens is 1. The van der Waals surface area contributed by atoms with Gasteiger partial charge in [-0.25, -0.2) is 9.78 Å². The molecule has 3 aromatic rings. The molecular weight excluding hydrogens is 428 g/mol. The van der Waals surface area contributed by atoms with Gasteiger partial charge in [-0.05, 0) is 66.5 Å². The summed E-state index contributed by atoms with van der Waals surface area (Å²) in [5.74, 6) is 1.03. The highest BCUT2D eigenvalue weighted by Crippen LogP contribution is 2.38. The molecule has 3 atom stereocenters. The first kappa shape index (κ1) is 22.4. The van der Waals surface area contributed by atoms with Gasteiger partial charge in [0.2, 0.25) is 0 Å². The fourth-order valence-corrected chi connectivity index (χ4v) is 5.29. The molecule has 2 aliphatic rings. The van der Waals surface area contributed by atoms with Gasteiger partial charge >= 0.3 is 5.97 Å². The zero-order chi connectivity index (χ0) is 23.7. The predicted molar refractivity (Wildman–Crippen MR) is 131 cm³/mol. The largest absolute Gasteiger partial charge is 0.465 e. The maximum absolute atomic E-state index is 13.3. The number of fused-ring (bicyclic) bond motifs is 2. The summed E-state index contributed by atoms with van der Waals surface area (Å²) >= 11 is 0. The van der Waals surface area contributed by atoms with Crippen molar-refractivity contribution in [1.82, 2.24) is 10.3 Å². The first-order chi connectivity index (χ1) is 16.5. The standard InChI is InChI=1S/C28H30N2O4/c1-17-7-5-11-23(18(17)2)29-25(31)16-34-28(32)26-21-9-3-4-10-24(21)30-27-19(12-13-22(26)27)15-20-8-6-14-33-20/h3-4,6,8-10,14-15,17-18,23H,5,7,11-13,16H2,1-2H3,(H,29,31). The first-order valence-corrected chi connectivity index (χ1v) is 12.1. The second-order valence-corrected chi connectivity index (χ2v) is 9.53. The molecule has 1 amide bonds. The quantitative estimate of drug-likeness (QED) is 0.517. The molecule has 1 N–H and O–H groups in total. The Kier molecular flexibility index (Phi) is 6.22. The number of rotatable bonds is 5. The third-order valence-electron chi connectivity index (χ3n) is 7.39. The van der Waals surface area contributed by atoms with Gasteiger partial charge in [-0.2, -0.15) is 0 Å². The summed E-state index contributed by atoms with van der Waals surface area (Å²) in [5, 5.41) is 3.83. The van der Waals surface area contributed by atoms with Crippen molar-refractivity contribution in [1.29, 1.82) is 0 Å². The van der Waals surface area contributed by atoms with Crippen LogP contribution in [0.3, 0.4) is 0 Å². The lowest BCUT2D eigenvalue weighted by molar-refractivity contribution is -0.125. The number of ether oxygens (including phenoxy) is 1. The maximum atomic E-state index is 13.3. The molecule has 0 bridgehead atoms. The Labute approximate surface area is 199 Å². The van der Waals surface area contributed by atoms with Crippen LogP contribution in [0.4, 0.5) is 0 Å². The van der Waals surface area contributed by atoms with E-state index in [1.54, 1.807) is 6.26 Å². The van der Waals surface area contributed by atoms with E-state index in [2.05, 4.69) is 19.2 Å². The summed E-state index contributed by atoms with van der Waals surface area (Å²) in [7, 11) is 0. The molecule has 2 aliphatic carbocycles. The zero-order valence-electron chi connectivity index (χ0n) is 19.7. The highest BCUT2D eigenvalue weighted by Gasteiger charge is 2.30. The van der Waals surface area contributed by atoms with E-state index in [0.717, 1.165) is 52.8 Å². The SMILES string of the molecule is CC1CCCC(NC(=O)COC(=O)c2c3c(nc4ccccc24)C(=Cc2ccco2)CC3)C1C. The Balaban J connectivity index is 1.38. The van der Waals surface area contributed by atoms with Crippen LogP contribution in [0.25, 0.3) is 22.6 Å². The van der Waals surface area contributed by atoms with Crippen molar-refractivity contribution in [3.05, 3.63) is 65.2 Å². The number of hydrogen-bond acceptors (Lipinski definition) is 5. The van der Waals surface area contributed by atoms with Gasteiger partial charge in [-0.1, -0.05) is 44.9 Å². The third kappa shape index (κ3) is 4.37. The van der Waals surface area contributed by atoms with E-state index in [1.807, 2.05) is 42.5 Å². The number of amides is 1. The molecule has 176 valence electrons. The van der Waals surface area contributed by atoms with Crippen LogP contribution in [0.2, 0.25) is 0 Å². The molecule has 0 saturated heterocycles. The minimum atomic E-state index is -0.477. The van der Waals surface area contributed by atoms with E-state index in [1.165, 1.54) is 6.42 Å². The molecule has 1 aromatic carbocycles. The van der Waals surface area contributed by atoms with E-state index in [9.17, 15) is 9.59 Å². The summed E-state index contributed by atoms with van der Waals surface area (Å²) < 4.78 is 11.0. The fourth-order valence-electron chi connectivity index (χ4n) is 5.29. The Morgan fingerprint density at radius 2 is 2.00 bits per heavy atom. The van der Waals surface area contributed by atoms with Crippen LogP contribution in [0.5, 0.6) is 0 Å². The molecule has 0 aliphatic heterocycles. The van der Waals surface area contributed by atoms with Gasteiger partial charge in [-0.3, -0.25) is 4.79 Å². The molecule has 34 heavy (non-hydrogen) atoms. The van der Waals surface area contributed by atoms with Crippen LogP contribution < -0.4 is 5.32 Å². The molecule has 0 spiro atoms. The van der Waals surface area contributed by atoms with Gasteiger partial charge in [0.1, 0.15) is 5.76 Å². The van der Waals surface area contributed by atoms with E-state index < -0.39 is 5.97 Å². The minimum Gasteiger partial charge on any atom is -0.465 e. The minimum absolute atomic E-state index is 0.134. The summed E-state index contributed by atoms with van der Waals surface area (Å²) in [6, 6.07) is 11.5. The number of para-hydroxylation sites is 1. The normalized spacial score (nSPS) is 23.1. The highest BCUT2D eigenvalue weighted by molar-refractivity contribution is 6.07. The molecule has 0 radical (unpaired) electrons. The van der Waals surface area contributed by atoms with Crippen LogP contribution >= 0.6 is 0 Å². The molecule has 1 saturated carbocycles. The Hall–Kier alpha value is -3.41. The van der Waals surface area contributed by atoms with Crippen molar-refractivity contribution in [3.63, 3.8) is 0 Å². The molecule has 1 fully saturated rings. The number of hydrogen-bond donors (Lipinski definition) is 1. The zero-order valence-corrected chi connectivity index (χ0v) is 19.7. The van der Waals surface area contributed by atoms with Gasteiger partial charge < -0.3 is 14.5 Å². The van der Waals surface area contributed by atoms with E-state index in [0.29, 0.717) is 23.8 Å². The molecule has 2 heterocycles. The number of nitrogens with one attached hydrogen (secondary N) is 1. The van der Waals surface area contributed by atoms with Crippen LogP contribution in [0.1, 0.15) is 66.9 Å². The first-order valence-electron chi connectivity index (χ1n) is 12.1. The van der Waals surface area contributed by atoms with Gasteiger partial charge in [0, 0.05) is 11.4 Å². The Morgan fingerprint density at radius 3 is 2.82 bits per heavy atom. The number of nitrogens with zero attached hydrogens (tertiary/aromatic N) is 1. The predicted octanol–water partition coefficient (Wildman–Crippen LogP) is 5.41. The van der Waals surface area contributed by atoms with Crippen LogP contribution in [0, 0.1) is 11.8 Å². The molecule has 5 rings (SSSR count). The smallest absolute Gasteiger partial charge is 0.339 e. The summed E-state index contributed by atoms with van der Waals surface area (Å²) in [6.45, 7) is 4.13. The number of carbonyl (C=O) groups excluding carboxylic acids is 2. The van der Waals surface area contributed by atoms with Gasteiger partial charge in [-0.15, -0.1) is 0 Å². The third-order valence-corrected chi connectivity index (χ3v) is 7.39. The lowest BCUT2D eigenvalue weighted by Gasteiger charge is -2.34. The van der Waals surface area contributed by atoms with E-state index >= 15 is 0 Å². The van der Waals surface area contributed by atoms with Crippen LogP contribution in [-0.2, 0) is 16.0 Å². The summed E-state index contributed by atoms with van der Waals surface area (Å²) in [6.07, 6.45) is 8.34. The van der Waals surface area contributed by atoms with Crippen LogP contribution in [-0.4, -0.2) is 29.5 Å². The maximum Gasteiger partial charge on any atom is 0.339 e. The Bertz CT molecular complexity index is 1240. The number of esters is 1. The highest BCUT2D eigenvalue weighted by atomic mass is 16.5. The fraction of sp³-hybridized carbons (Fsp3) is 0.393. The lowest BCUT2D eigenvalue weighted by atomic mass is 9.78. The van der Waals surface area contributed by atoms with E-state index in [4.69, 9.17) is 14.1 Å². The van der Waals surface area contributed by atoms with Gasteiger partial charge in [0.05, 0.1) is 23.0 Å². The number of benzene rings is 1. The average Bonchev–Trinajstić information content (AvgIpc) is 3.49. The van der Waals surface area contributed by atoms with Crippen molar-refractivity contribution >= 4 is 34.4 Å². The van der Waals surface area contributed by atoms with Crippen molar-refractivity contribution < 1.29 is 18.7 Å². The monoisotopic (exact) mass is 458 g/mol. The molecule has 6 heteroatoms. The number of furan rings is 1. The summed E-state index contributed by atoms with van der Waals surface area (Å²) in [4.78, 5) is 30.7. The van der Waals surface area contributed by atoms with E-state index in [-0.39, 0.29) is 18.6 Å². The van der Waals surface area contributed by atoms with Crippen LogP contribution in [0.15, 0.2) is 47.1 Å². The number of allylic oxidation sites excluding steroid dienone is 1. The molecule has 2 aromatic heterocycles. The lowest BCUT2D eigenvalue weighted by Crippen LogP contribution is -2.45. The van der Waals surface area contributed by atoms with Gasteiger partial charge in [0.25, 0.3) is 5.91 Å². The molecule has 6 nitrogen and oxygen atoms in total. The number of carbonyl (C=O) groups is 2.